The van der Waals surface area contributed by atoms with E-state index in [1.54, 1.807) is 0 Å². The smallest absolute Gasteiger partial charge is 0.264 e. The molecule has 14 heavy (non-hydrogen) atoms. The Hall–Kier alpha value is -2.04. The zero-order valence-electron chi connectivity index (χ0n) is 6.98. The van der Waals surface area contributed by atoms with Crippen molar-refractivity contribution in [2.45, 2.75) is 0 Å². The van der Waals surface area contributed by atoms with Crippen LogP contribution in [0.15, 0.2) is 30.6 Å². The van der Waals surface area contributed by atoms with Crippen LogP contribution in [-0.4, -0.2) is 9.91 Å². The number of rotatable bonds is 1. The molecule has 2 rings (SSSR count). The molecule has 5 heteroatoms. The number of hydrogen-bond acceptors (Lipinski definition) is 3. The number of fused-ring (bicyclic) bond motifs is 1. The predicted octanol–water partition coefficient (Wildman–Crippen LogP) is 2.28. The minimum atomic E-state index is -0.540. The summed E-state index contributed by atoms with van der Waals surface area (Å²) in [6, 6.07) is 3.65. The van der Waals surface area contributed by atoms with E-state index in [1.165, 1.54) is 18.5 Å². The van der Waals surface area contributed by atoms with Gasteiger partial charge in [-0.15, -0.1) is 0 Å². The van der Waals surface area contributed by atoms with Gasteiger partial charge in [0.25, 0.3) is 5.69 Å². The fourth-order valence-corrected chi connectivity index (χ4v) is 1.30. The number of nitro groups is 1. The van der Waals surface area contributed by atoms with Crippen LogP contribution in [-0.2, 0) is 0 Å². The number of nitro benzene ring substituents is 1. The molecule has 70 valence electrons. The van der Waals surface area contributed by atoms with E-state index in [1.807, 2.05) is 0 Å². The van der Waals surface area contributed by atoms with Gasteiger partial charge in [-0.05, 0) is 12.1 Å². The van der Waals surface area contributed by atoms with Gasteiger partial charge in [0.2, 0.25) is 0 Å². The van der Waals surface area contributed by atoms with E-state index in [0.717, 1.165) is 12.1 Å². The molecule has 0 radical (unpaired) electrons. The third kappa shape index (κ3) is 1.19. The molecule has 2 aromatic rings. The second-order valence-electron chi connectivity index (χ2n) is 2.74. The van der Waals surface area contributed by atoms with E-state index in [2.05, 4.69) is 4.98 Å². The molecular weight excluding hydrogens is 187 g/mol. The van der Waals surface area contributed by atoms with Crippen LogP contribution in [0.25, 0.3) is 10.8 Å². The minimum absolute atomic E-state index is 0.108. The lowest BCUT2D eigenvalue weighted by Gasteiger charge is -1.98. The molecular formula is C9H5FN2O2. The van der Waals surface area contributed by atoms with Crippen molar-refractivity contribution in [3.8, 4) is 0 Å². The van der Waals surface area contributed by atoms with Gasteiger partial charge in [0.1, 0.15) is 5.82 Å². The number of non-ortho nitro benzene ring substituents is 1. The molecule has 4 nitrogen and oxygen atoms in total. The Labute approximate surface area is 78.2 Å². The van der Waals surface area contributed by atoms with E-state index < -0.39 is 10.7 Å². The van der Waals surface area contributed by atoms with Gasteiger partial charge in [-0.3, -0.25) is 15.1 Å². The number of hydrogen-bond donors (Lipinski definition) is 0. The fourth-order valence-electron chi connectivity index (χ4n) is 1.30. The molecule has 0 N–H and O–H groups in total. The van der Waals surface area contributed by atoms with Gasteiger partial charge in [0.05, 0.1) is 10.3 Å². The van der Waals surface area contributed by atoms with Gasteiger partial charge >= 0.3 is 0 Å². The average molecular weight is 192 g/mol. The number of pyridine rings is 1. The molecule has 1 aromatic heterocycles. The van der Waals surface area contributed by atoms with Crippen LogP contribution in [0, 0.1) is 15.9 Å². The first-order valence-electron chi connectivity index (χ1n) is 3.87. The lowest BCUT2D eigenvalue weighted by Crippen LogP contribution is -1.91. The first kappa shape index (κ1) is 8.55. The van der Waals surface area contributed by atoms with Crippen LogP contribution in [0.4, 0.5) is 10.1 Å². The standard InChI is InChI=1S/C9H5FN2O2/c10-8-1-2-9(12(13)14)6-3-4-11-5-7(6)8/h1-5H. The summed E-state index contributed by atoms with van der Waals surface area (Å²) in [6.07, 6.45) is 2.67. The zero-order chi connectivity index (χ0) is 10.1. The fraction of sp³-hybridized carbons (Fsp3) is 0. The van der Waals surface area contributed by atoms with Crippen molar-refractivity contribution in [3.05, 3.63) is 46.5 Å². The van der Waals surface area contributed by atoms with Crippen molar-refractivity contribution in [2.24, 2.45) is 0 Å². The summed E-state index contributed by atoms with van der Waals surface area (Å²) < 4.78 is 13.2. The van der Waals surface area contributed by atoms with Crippen LogP contribution < -0.4 is 0 Å². The zero-order valence-corrected chi connectivity index (χ0v) is 6.98. The summed E-state index contributed by atoms with van der Waals surface area (Å²) in [4.78, 5) is 13.8. The van der Waals surface area contributed by atoms with Gasteiger partial charge in [0.15, 0.2) is 0 Å². The van der Waals surface area contributed by atoms with Crippen molar-refractivity contribution in [1.29, 1.82) is 0 Å². The van der Waals surface area contributed by atoms with E-state index in [9.17, 15) is 14.5 Å². The largest absolute Gasteiger partial charge is 0.277 e. The van der Waals surface area contributed by atoms with Crippen LogP contribution in [0.1, 0.15) is 0 Å². The Kier molecular flexibility index (Phi) is 1.85. The van der Waals surface area contributed by atoms with E-state index in [4.69, 9.17) is 0 Å². The summed E-state index contributed by atoms with van der Waals surface area (Å²) in [5, 5.41) is 11.0. The average Bonchev–Trinajstić information content (AvgIpc) is 2.18. The molecule has 0 saturated carbocycles. The maximum absolute atomic E-state index is 13.2. The van der Waals surface area contributed by atoms with Gasteiger partial charge in [-0.2, -0.15) is 0 Å². The Balaban J connectivity index is 2.88. The molecule has 0 fully saturated rings. The van der Waals surface area contributed by atoms with Crippen LogP contribution in [0.3, 0.4) is 0 Å². The molecule has 0 spiro atoms. The topological polar surface area (TPSA) is 56.0 Å². The Morgan fingerprint density at radius 2 is 2.07 bits per heavy atom. The van der Waals surface area contributed by atoms with E-state index >= 15 is 0 Å². The SMILES string of the molecule is O=[N+]([O-])c1ccc(F)c2cnccc12. The number of aromatic nitrogens is 1. The maximum Gasteiger partial charge on any atom is 0.277 e. The highest BCUT2D eigenvalue weighted by molar-refractivity contribution is 5.90. The highest BCUT2D eigenvalue weighted by Crippen LogP contribution is 2.26. The molecule has 0 bridgehead atoms. The Bertz CT molecular complexity index is 513. The monoisotopic (exact) mass is 192 g/mol. The summed E-state index contributed by atoms with van der Waals surface area (Å²) in [5.41, 5.74) is -0.108. The van der Waals surface area contributed by atoms with E-state index in [0.29, 0.717) is 0 Å². The van der Waals surface area contributed by atoms with Gasteiger partial charge < -0.3 is 0 Å². The summed E-state index contributed by atoms with van der Waals surface area (Å²) in [6.45, 7) is 0. The van der Waals surface area contributed by atoms with Gasteiger partial charge in [-0.25, -0.2) is 4.39 Å². The van der Waals surface area contributed by atoms with Crippen molar-refractivity contribution in [3.63, 3.8) is 0 Å². The third-order valence-electron chi connectivity index (χ3n) is 1.94. The molecule has 1 aromatic carbocycles. The first-order chi connectivity index (χ1) is 6.70. The predicted molar refractivity (Wildman–Crippen MR) is 48.4 cm³/mol. The normalized spacial score (nSPS) is 10.4. The van der Waals surface area contributed by atoms with E-state index in [-0.39, 0.29) is 16.5 Å². The lowest BCUT2D eigenvalue weighted by atomic mass is 10.1. The maximum atomic E-state index is 13.2. The molecule has 0 amide bonds. The van der Waals surface area contributed by atoms with Crippen molar-refractivity contribution >= 4 is 16.5 Å². The quantitative estimate of drug-likeness (QED) is 0.514. The van der Waals surface area contributed by atoms with Crippen LogP contribution in [0.5, 0.6) is 0 Å². The highest BCUT2D eigenvalue weighted by atomic mass is 19.1. The third-order valence-corrected chi connectivity index (χ3v) is 1.94. The van der Waals surface area contributed by atoms with Crippen molar-refractivity contribution < 1.29 is 9.31 Å². The lowest BCUT2D eigenvalue weighted by molar-refractivity contribution is -0.383. The second kappa shape index (κ2) is 3.02. The summed E-state index contributed by atoms with van der Waals surface area (Å²) in [5.74, 6) is -0.501. The molecule has 0 atom stereocenters. The molecule has 0 aliphatic heterocycles. The Morgan fingerprint density at radius 3 is 2.79 bits per heavy atom. The minimum Gasteiger partial charge on any atom is -0.264 e. The number of halogens is 1. The molecule has 0 aliphatic rings. The van der Waals surface area contributed by atoms with Gasteiger partial charge in [0, 0.05) is 23.8 Å². The van der Waals surface area contributed by atoms with Gasteiger partial charge in [-0.1, -0.05) is 0 Å². The number of benzene rings is 1. The molecule has 0 aliphatic carbocycles. The van der Waals surface area contributed by atoms with Crippen molar-refractivity contribution in [1.82, 2.24) is 4.98 Å². The highest BCUT2D eigenvalue weighted by Gasteiger charge is 2.13. The molecule has 1 heterocycles. The summed E-state index contributed by atoms with van der Waals surface area (Å²) in [7, 11) is 0. The van der Waals surface area contributed by atoms with Crippen LogP contribution in [0.2, 0.25) is 0 Å². The number of nitrogens with zero attached hydrogens (tertiary/aromatic N) is 2. The molecule has 0 unspecified atom stereocenters. The molecule has 0 saturated heterocycles. The Morgan fingerprint density at radius 1 is 1.29 bits per heavy atom. The van der Waals surface area contributed by atoms with Crippen LogP contribution >= 0.6 is 0 Å². The first-order valence-corrected chi connectivity index (χ1v) is 3.87. The summed E-state index contributed by atoms with van der Waals surface area (Å²) >= 11 is 0. The second-order valence-corrected chi connectivity index (χ2v) is 2.74. The van der Waals surface area contributed by atoms with Crippen molar-refractivity contribution in [2.75, 3.05) is 0 Å².